The minimum atomic E-state index is -2.67. The summed E-state index contributed by atoms with van der Waals surface area (Å²) < 4.78 is 0. The number of halogens is 1. The zero-order valence-electron chi connectivity index (χ0n) is 23.9. The molecule has 1 heterocycles. The molecule has 1 amide bonds. The van der Waals surface area contributed by atoms with E-state index < -0.39 is 58.0 Å². The van der Waals surface area contributed by atoms with Gasteiger partial charge in [-0.2, -0.15) is 0 Å². The number of nitrogens with zero attached hydrogens (tertiary/aromatic N) is 2. The number of phenols is 1. The Balaban J connectivity index is 1.67. The first kappa shape index (κ1) is 29.6. The van der Waals surface area contributed by atoms with Gasteiger partial charge in [-0.15, -0.1) is 0 Å². The average molecular weight is 588 g/mol. The predicted octanol–water partition coefficient (Wildman–Crippen LogP) is 2.66. The highest BCUT2D eigenvalue weighted by Gasteiger charge is 2.64. The van der Waals surface area contributed by atoms with Gasteiger partial charge in [-0.1, -0.05) is 32.4 Å². The number of hydrogen-bond donors (Lipinski definition) is 5. The Morgan fingerprint density at radius 2 is 1.90 bits per heavy atom. The Kier molecular flexibility index (Phi) is 7.29. The molecule has 1 saturated carbocycles. The monoisotopic (exact) mass is 587 g/mol. The number of rotatable bonds is 5. The van der Waals surface area contributed by atoms with Crippen molar-refractivity contribution < 1.29 is 34.8 Å². The van der Waals surface area contributed by atoms with Crippen molar-refractivity contribution in [2.24, 2.45) is 29.4 Å². The van der Waals surface area contributed by atoms with E-state index in [2.05, 4.69) is 25.7 Å². The number of Topliss-reactive ketones (excluding diaryl/α,β-unsaturated/α-hetero) is 2. The number of fused-ring (bicyclic) bond motifs is 3. The normalized spacial score (nSPS) is 32.1. The lowest BCUT2D eigenvalue weighted by Gasteiger charge is -2.50. The lowest BCUT2D eigenvalue weighted by molar-refractivity contribution is -0.153. The van der Waals surface area contributed by atoms with E-state index in [9.17, 15) is 34.8 Å². The first-order valence-electron chi connectivity index (χ1n) is 14.1. The average Bonchev–Trinajstić information content (AvgIpc) is 3.21. The van der Waals surface area contributed by atoms with Gasteiger partial charge in [0.25, 0.3) is 5.91 Å². The molecular weight excluding hydrogens is 550 g/mol. The summed E-state index contributed by atoms with van der Waals surface area (Å²) in [5.41, 5.74) is 2.95. The zero-order chi connectivity index (χ0) is 30.3. The molecule has 6 N–H and O–H groups in total. The number of aromatic hydroxyl groups is 1. The molecule has 1 saturated heterocycles. The summed E-state index contributed by atoms with van der Waals surface area (Å²) in [4.78, 5) is 43.2. The predicted molar refractivity (Wildman–Crippen MR) is 152 cm³/mol. The number of nitrogens with two attached hydrogens (primary N) is 1. The quantitative estimate of drug-likeness (QED) is 0.326. The molecule has 0 radical (unpaired) electrons. The minimum Gasteiger partial charge on any atom is -0.508 e. The molecule has 0 spiro atoms. The summed E-state index contributed by atoms with van der Waals surface area (Å²) >= 11 is 7.06. The number of ketones is 2. The fourth-order valence-corrected chi connectivity index (χ4v) is 8.07. The number of benzene rings is 1. The Labute approximate surface area is 244 Å². The maximum Gasteiger partial charge on any atom is 0.255 e. The van der Waals surface area contributed by atoms with Crippen molar-refractivity contribution in [1.82, 2.24) is 9.80 Å². The van der Waals surface area contributed by atoms with Gasteiger partial charge in [0.15, 0.2) is 11.4 Å². The Morgan fingerprint density at radius 3 is 2.49 bits per heavy atom. The van der Waals surface area contributed by atoms with Gasteiger partial charge in [-0.25, -0.2) is 0 Å². The molecule has 41 heavy (non-hydrogen) atoms. The van der Waals surface area contributed by atoms with Crippen LogP contribution in [0.3, 0.4) is 0 Å². The second kappa shape index (κ2) is 10.1. The van der Waals surface area contributed by atoms with Crippen molar-refractivity contribution in [3.05, 3.63) is 44.7 Å². The number of aliphatic hydroxyl groups excluding tert-OH is 2. The van der Waals surface area contributed by atoms with Crippen LogP contribution in [0.4, 0.5) is 0 Å². The second-order valence-electron chi connectivity index (χ2n) is 12.7. The fraction of sp³-hybridized carbons (Fsp3) is 0.567. The molecule has 222 valence electrons. The fourth-order valence-electron chi connectivity index (χ4n) is 7.73. The summed E-state index contributed by atoms with van der Waals surface area (Å²) in [6, 6.07) is 0.383. The number of carbonyl (C=O) groups excluding carboxylic acids is 3. The summed E-state index contributed by atoms with van der Waals surface area (Å²) in [5, 5.41) is 45.8. The smallest absolute Gasteiger partial charge is 0.255 e. The summed E-state index contributed by atoms with van der Waals surface area (Å²) in [6.07, 6.45) is 1.16. The number of amides is 1. The van der Waals surface area contributed by atoms with E-state index in [0.717, 1.165) is 25.1 Å². The van der Waals surface area contributed by atoms with Crippen LogP contribution in [0, 0.1) is 23.7 Å². The summed E-state index contributed by atoms with van der Waals surface area (Å²) in [6.45, 7) is 8.20. The Bertz CT molecular complexity index is 1420. The first-order chi connectivity index (χ1) is 19.1. The summed E-state index contributed by atoms with van der Waals surface area (Å²) in [5.74, 6) is -6.06. The standard InChI is InChI=1S/C30H38ClN3O7/c1-12(2)11-34-7-6-13(3)23(34)16-10-18(35)20-15(22(16)31)8-14-9-17-24(33(4)5)26(37)21(29(32)40)28(39)30(17,41)27(38)19(14)25(20)36/h10,12-14,17,23-24,35-36,39,41H,6-9,11H2,1-5H3,(H2,32,40)/t13?,14-,17-,23?,24-,30-/m0/s1. The molecule has 0 aromatic heterocycles. The van der Waals surface area contributed by atoms with Crippen LogP contribution in [0.5, 0.6) is 5.75 Å². The number of likely N-dealkylation sites (tertiary alicyclic amines) is 1. The molecule has 2 fully saturated rings. The van der Waals surface area contributed by atoms with E-state index in [1.54, 1.807) is 20.2 Å². The van der Waals surface area contributed by atoms with Gasteiger partial charge < -0.3 is 26.2 Å². The van der Waals surface area contributed by atoms with Gasteiger partial charge in [0.05, 0.1) is 11.6 Å². The van der Waals surface area contributed by atoms with Crippen LogP contribution in [-0.4, -0.2) is 86.5 Å². The topological polar surface area (TPSA) is 165 Å². The third-order valence-electron chi connectivity index (χ3n) is 9.40. The molecule has 1 aliphatic heterocycles. The van der Waals surface area contributed by atoms with E-state index >= 15 is 0 Å². The van der Waals surface area contributed by atoms with Crippen molar-refractivity contribution in [2.45, 2.75) is 57.7 Å². The number of primary amides is 1. The molecule has 6 atom stereocenters. The maximum atomic E-state index is 14.0. The molecule has 11 heteroatoms. The highest BCUT2D eigenvalue weighted by Crippen LogP contribution is 2.54. The van der Waals surface area contributed by atoms with Crippen molar-refractivity contribution in [3.63, 3.8) is 0 Å². The number of carbonyl (C=O) groups is 3. The molecule has 4 aliphatic rings. The van der Waals surface area contributed by atoms with Gasteiger partial charge in [0.1, 0.15) is 22.8 Å². The lowest BCUT2D eigenvalue weighted by Crippen LogP contribution is -2.65. The van der Waals surface area contributed by atoms with Crippen LogP contribution in [0.15, 0.2) is 23.0 Å². The van der Waals surface area contributed by atoms with Crippen LogP contribution in [0.2, 0.25) is 5.02 Å². The molecule has 1 aromatic carbocycles. The van der Waals surface area contributed by atoms with Crippen molar-refractivity contribution in [1.29, 1.82) is 0 Å². The third kappa shape index (κ3) is 4.21. The van der Waals surface area contributed by atoms with Crippen molar-refractivity contribution in [2.75, 3.05) is 27.2 Å². The number of aliphatic hydroxyl groups is 3. The second-order valence-corrected chi connectivity index (χ2v) is 13.1. The highest BCUT2D eigenvalue weighted by molar-refractivity contribution is 6.33. The molecule has 0 bridgehead atoms. The molecule has 2 unspecified atom stereocenters. The maximum absolute atomic E-state index is 14.0. The number of hydrogen-bond acceptors (Lipinski definition) is 9. The Morgan fingerprint density at radius 1 is 1.24 bits per heavy atom. The van der Waals surface area contributed by atoms with Crippen LogP contribution >= 0.6 is 11.6 Å². The Hall–Kier alpha value is -2.92. The molecular formula is C30H38ClN3O7. The van der Waals surface area contributed by atoms with Crippen molar-refractivity contribution in [3.8, 4) is 5.75 Å². The summed E-state index contributed by atoms with van der Waals surface area (Å²) in [7, 11) is 3.14. The van der Waals surface area contributed by atoms with Crippen LogP contribution in [0.1, 0.15) is 56.3 Å². The lowest BCUT2D eigenvalue weighted by atomic mass is 9.57. The number of likely N-dealkylation sites (N-methyl/N-ethyl adjacent to an activating group) is 1. The van der Waals surface area contributed by atoms with Crippen LogP contribution in [0.25, 0.3) is 5.76 Å². The minimum absolute atomic E-state index is 0.0103. The van der Waals surface area contributed by atoms with E-state index in [1.165, 1.54) is 4.90 Å². The third-order valence-corrected chi connectivity index (χ3v) is 9.85. The molecule has 10 nitrogen and oxygen atoms in total. The van der Waals surface area contributed by atoms with E-state index in [4.69, 9.17) is 17.3 Å². The van der Waals surface area contributed by atoms with Crippen molar-refractivity contribution >= 4 is 34.8 Å². The van der Waals surface area contributed by atoms with Crippen LogP contribution in [-0.2, 0) is 20.8 Å². The molecule has 3 aliphatic carbocycles. The van der Waals surface area contributed by atoms with Gasteiger partial charge in [0, 0.05) is 29.1 Å². The van der Waals surface area contributed by atoms with Gasteiger partial charge in [-0.3, -0.25) is 24.2 Å². The zero-order valence-corrected chi connectivity index (χ0v) is 24.7. The molecule has 1 aromatic rings. The largest absolute Gasteiger partial charge is 0.508 e. The SMILES string of the molecule is CC(C)CN1CCC(C)C1c1cc(O)c2c(c1Cl)C[C@H]1C[C@H]3[C@H](N(C)C)C(=O)C(C(N)=O)=C(O)[C@@]3(O)C(=O)C1=C2O. The van der Waals surface area contributed by atoms with E-state index in [-0.39, 0.29) is 41.7 Å². The van der Waals surface area contributed by atoms with E-state index in [1.807, 2.05) is 0 Å². The van der Waals surface area contributed by atoms with Crippen LogP contribution < -0.4 is 5.73 Å². The number of phenolic OH excluding ortho intramolecular Hbond substituents is 1. The molecule has 5 rings (SSSR count). The van der Waals surface area contributed by atoms with E-state index in [0.29, 0.717) is 16.5 Å². The van der Waals surface area contributed by atoms with Gasteiger partial charge in [-0.05, 0) is 74.8 Å². The van der Waals surface area contributed by atoms with Gasteiger partial charge in [0.2, 0.25) is 5.78 Å². The highest BCUT2D eigenvalue weighted by atomic mass is 35.5. The first-order valence-corrected chi connectivity index (χ1v) is 14.4. The van der Waals surface area contributed by atoms with Gasteiger partial charge >= 0.3 is 0 Å².